The van der Waals surface area contributed by atoms with Crippen LogP contribution in [-0.4, -0.2) is 54.5 Å². The monoisotopic (exact) mass is 456 g/mol. The molecule has 8 heteroatoms. The number of piperazine rings is 1. The van der Waals surface area contributed by atoms with Crippen molar-refractivity contribution in [3.8, 4) is 5.75 Å². The first-order valence-electron chi connectivity index (χ1n) is 11.1. The lowest BCUT2D eigenvalue weighted by molar-refractivity contribution is -0.118. The number of carbonyl (C=O) groups is 2. The SMILES string of the molecule is O=C(COc1ccccc1)Nc1c(C(=O)N2CCN(c3ccccn3)CC2)oc2ccccc12. The van der Waals surface area contributed by atoms with Gasteiger partial charge in [0.2, 0.25) is 5.76 Å². The van der Waals surface area contributed by atoms with E-state index in [4.69, 9.17) is 9.15 Å². The Labute approximate surface area is 196 Å². The van der Waals surface area contributed by atoms with Crippen LogP contribution in [0.4, 0.5) is 11.5 Å². The average Bonchev–Trinajstić information content (AvgIpc) is 3.26. The van der Waals surface area contributed by atoms with Crippen LogP contribution in [0, 0.1) is 0 Å². The molecule has 3 heterocycles. The number of hydrogen-bond acceptors (Lipinski definition) is 6. The highest BCUT2D eigenvalue weighted by atomic mass is 16.5. The molecule has 0 aliphatic carbocycles. The van der Waals surface area contributed by atoms with Gasteiger partial charge in [0.15, 0.2) is 6.61 Å². The van der Waals surface area contributed by atoms with Crippen molar-refractivity contribution in [3.05, 3.63) is 84.8 Å². The van der Waals surface area contributed by atoms with Gasteiger partial charge in [-0.3, -0.25) is 9.59 Å². The quantitative estimate of drug-likeness (QED) is 0.475. The summed E-state index contributed by atoms with van der Waals surface area (Å²) in [4.78, 5) is 34.4. The molecule has 1 N–H and O–H groups in total. The van der Waals surface area contributed by atoms with E-state index in [-0.39, 0.29) is 24.2 Å². The Morgan fingerprint density at radius 1 is 0.912 bits per heavy atom. The van der Waals surface area contributed by atoms with E-state index >= 15 is 0 Å². The molecule has 0 unspecified atom stereocenters. The predicted molar refractivity (Wildman–Crippen MR) is 129 cm³/mol. The zero-order chi connectivity index (χ0) is 23.3. The van der Waals surface area contributed by atoms with Crippen LogP contribution in [0.1, 0.15) is 10.6 Å². The predicted octanol–water partition coefficient (Wildman–Crippen LogP) is 3.81. The number of pyridine rings is 1. The fraction of sp³-hybridized carbons (Fsp3) is 0.192. The molecule has 1 saturated heterocycles. The van der Waals surface area contributed by atoms with Gasteiger partial charge in [-0.2, -0.15) is 0 Å². The second-order valence-corrected chi connectivity index (χ2v) is 7.92. The molecular weight excluding hydrogens is 432 g/mol. The lowest BCUT2D eigenvalue weighted by atomic mass is 10.2. The number of carbonyl (C=O) groups excluding carboxylic acids is 2. The smallest absolute Gasteiger partial charge is 0.291 e. The molecule has 0 atom stereocenters. The molecule has 0 bridgehead atoms. The summed E-state index contributed by atoms with van der Waals surface area (Å²) in [5, 5.41) is 3.51. The van der Waals surface area contributed by atoms with Crippen molar-refractivity contribution in [2.75, 3.05) is 43.0 Å². The van der Waals surface area contributed by atoms with E-state index in [2.05, 4.69) is 15.2 Å². The minimum absolute atomic E-state index is 0.126. The number of para-hydroxylation sites is 2. The van der Waals surface area contributed by atoms with Gasteiger partial charge in [-0.15, -0.1) is 0 Å². The number of furan rings is 1. The second kappa shape index (κ2) is 9.66. The zero-order valence-corrected chi connectivity index (χ0v) is 18.5. The highest BCUT2D eigenvalue weighted by molar-refractivity contribution is 6.11. The van der Waals surface area contributed by atoms with Gasteiger partial charge >= 0.3 is 0 Å². The van der Waals surface area contributed by atoms with Crippen LogP contribution in [0.3, 0.4) is 0 Å². The summed E-state index contributed by atoms with van der Waals surface area (Å²) in [5.74, 6) is 0.989. The Balaban J connectivity index is 1.31. The summed E-state index contributed by atoms with van der Waals surface area (Å²) in [5.41, 5.74) is 0.909. The van der Waals surface area contributed by atoms with E-state index in [0.29, 0.717) is 48.6 Å². The number of aromatic nitrogens is 1. The third-order valence-electron chi connectivity index (χ3n) is 5.71. The maximum Gasteiger partial charge on any atom is 0.291 e. The molecule has 2 amide bonds. The van der Waals surface area contributed by atoms with Crippen molar-refractivity contribution >= 4 is 34.3 Å². The molecule has 34 heavy (non-hydrogen) atoms. The highest BCUT2D eigenvalue weighted by Crippen LogP contribution is 2.32. The molecule has 2 aromatic heterocycles. The van der Waals surface area contributed by atoms with Gasteiger partial charge in [0.05, 0.1) is 0 Å². The van der Waals surface area contributed by atoms with Crippen molar-refractivity contribution in [2.24, 2.45) is 0 Å². The lowest BCUT2D eigenvalue weighted by Crippen LogP contribution is -2.49. The maximum absolute atomic E-state index is 13.4. The van der Waals surface area contributed by atoms with Crippen molar-refractivity contribution in [1.29, 1.82) is 0 Å². The number of nitrogens with one attached hydrogen (secondary N) is 1. The Hall–Kier alpha value is -4.33. The highest BCUT2D eigenvalue weighted by Gasteiger charge is 2.29. The normalized spacial score (nSPS) is 13.6. The number of amides is 2. The van der Waals surface area contributed by atoms with Crippen LogP contribution in [0.2, 0.25) is 0 Å². The van der Waals surface area contributed by atoms with Gasteiger partial charge < -0.3 is 24.3 Å². The van der Waals surface area contributed by atoms with Crippen LogP contribution in [0.5, 0.6) is 5.75 Å². The molecular formula is C26H24N4O4. The molecule has 172 valence electrons. The number of anilines is 2. The molecule has 4 aromatic rings. The molecule has 1 aliphatic heterocycles. The van der Waals surface area contributed by atoms with Gasteiger partial charge in [-0.25, -0.2) is 4.98 Å². The standard InChI is InChI=1S/C26H24N4O4/c31-23(18-33-19-8-2-1-3-9-19)28-24-20-10-4-5-11-21(20)34-25(24)26(32)30-16-14-29(15-17-30)22-12-6-7-13-27-22/h1-13H,14-18H2,(H,28,31). The second-order valence-electron chi connectivity index (χ2n) is 7.92. The minimum Gasteiger partial charge on any atom is -0.484 e. The van der Waals surface area contributed by atoms with Crippen LogP contribution >= 0.6 is 0 Å². The van der Waals surface area contributed by atoms with Gasteiger partial charge in [0.1, 0.15) is 22.8 Å². The van der Waals surface area contributed by atoms with Gasteiger partial charge in [-0.1, -0.05) is 36.4 Å². The number of benzene rings is 2. The van der Waals surface area contributed by atoms with Gasteiger partial charge in [-0.05, 0) is 36.4 Å². The zero-order valence-electron chi connectivity index (χ0n) is 18.5. The summed E-state index contributed by atoms with van der Waals surface area (Å²) in [6, 6.07) is 22.2. The van der Waals surface area contributed by atoms with Crippen molar-refractivity contribution in [1.82, 2.24) is 9.88 Å². The molecule has 1 fully saturated rings. The summed E-state index contributed by atoms with van der Waals surface area (Å²) in [6.45, 7) is 2.19. The van der Waals surface area contributed by atoms with E-state index in [1.54, 1.807) is 29.3 Å². The first kappa shape index (κ1) is 21.5. The fourth-order valence-corrected chi connectivity index (χ4v) is 3.98. The molecule has 5 rings (SSSR count). The number of fused-ring (bicyclic) bond motifs is 1. The van der Waals surface area contributed by atoms with E-state index in [1.807, 2.05) is 54.6 Å². The molecule has 8 nitrogen and oxygen atoms in total. The first-order valence-corrected chi connectivity index (χ1v) is 11.1. The van der Waals surface area contributed by atoms with E-state index < -0.39 is 0 Å². The summed E-state index contributed by atoms with van der Waals surface area (Å²) >= 11 is 0. The Morgan fingerprint density at radius 2 is 1.65 bits per heavy atom. The van der Waals surface area contributed by atoms with Gasteiger partial charge in [0.25, 0.3) is 11.8 Å². The number of hydrogen-bond donors (Lipinski definition) is 1. The average molecular weight is 457 g/mol. The Kier molecular flexibility index (Phi) is 6.11. The van der Waals surface area contributed by atoms with Crippen molar-refractivity contribution < 1.29 is 18.7 Å². The Bertz CT molecular complexity index is 1280. The molecule has 0 radical (unpaired) electrons. The van der Waals surface area contributed by atoms with Crippen LogP contribution in [-0.2, 0) is 4.79 Å². The third kappa shape index (κ3) is 4.56. The summed E-state index contributed by atoms with van der Waals surface area (Å²) < 4.78 is 11.5. The summed E-state index contributed by atoms with van der Waals surface area (Å²) in [6.07, 6.45) is 1.76. The minimum atomic E-state index is -0.371. The topological polar surface area (TPSA) is 87.9 Å². The first-order chi connectivity index (χ1) is 16.7. The van der Waals surface area contributed by atoms with Gasteiger partial charge in [0, 0.05) is 37.8 Å². The lowest BCUT2D eigenvalue weighted by Gasteiger charge is -2.35. The van der Waals surface area contributed by atoms with E-state index in [9.17, 15) is 9.59 Å². The van der Waals surface area contributed by atoms with Crippen molar-refractivity contribution in [3.63, 3.8) is 0 Å². The third-order valence-corrected chi connectivity index (χ3v) is 5.71. The number of nitrogens with zero attached hydrogens (tertiary/aromatic N) is 3. The maximum atomic E-state index is 13.4. The largest absolute Gasteiger partial charge is 0.484 e. The van der Waals surface area contributed by atoms with Crippen LogP contribution in [0.25, 0.3) is 11.0 Å². The van der Waals surface area contributed by atoms with E-state index in [0.717, 1.165) is 5.82 Å². The molecule has 1 aliphatic rings. The number of rotatable bonds is 6. The van der Waals surface area contributed by atoms with Crippen molar-refractivity contribution in [2.45, 2.75) is 0 Å². The van der Waals surface area contributed by atoms with E-state index in [1.165, 1.54) is 0 Å². The Morgan fingerprint density at radius 3 is 2.41 bits per heavy atom. The number of ether oxygens (including phenoxy) is 1. The molecule has 2 aromatic carbocycles. The molecule has 0 spiro atoms. The fourth-order valence-electron chi connectivity index (χ4n) is 3.98. The summed E-state index contributed by atoms with van der Waals surface area (Å²) in [7, 11) is 0. The van der Waals surface area contributed by atoms with Crippen LogP contribution < -0.4 is 15.0 Å². The van der Waals surface area contributed by atoms with Crippen LogP contribution in [0.15, 0.2) is 83.4 Å². The molecule has 0 saturated carbocycles.